The van der Waals surface area contributed by atoms with Crippen molar-refractivity contribution >= 4 is 63.6 Å². The van der Waals surface area contributed by atoms with Crippen molar-refractivity contribution in [1.82, 2.24) is 9.88 Å². The molecule has 2 aliphatic rings. The highest BCUT2D eigenvalue weighted by molar-refractivity contribution is 8.26. The second-order valence-electron chi connectivity index (χ2n) is 7.98. The van der Waals surface area contributed by atoms with Crippen LogP contribution in [0.25, 0.3) is 17.3 Å². The van der Waals surface area contributed by atoms with Crippen LogP contribution in [0, 0.1) is 6.92 Å². The van der Waals surface area contributed by atoms with E-state index in [9.17, 15) is 19.2 Å². The summed E-state index contributed by atoms with van der Waals surface area (Å²) < 4.78 is 0.473. The van der Waals surface area contributed by atoms with E-state index in [1.165, 1.54) is 11.8 Å². The van der Waals surface area contributed by atoms with Crippen LogP contribution in [0.2, 0.25) is 0 Å². The molecule has 0 saturated carbocycles. The van der Waals surface area contributed by atoms with Crippen molar-refractivity contribution in [2.24, 2.45) is 0 Å². The topological polar surface area (TPSA) is 117 Å². The monoisotopic (exact) mass is 495 g/mol. The summed E-state index contributed by atoms with van der Waals surface area (Å²) in [4.78, 5) is 53.8. The molecule has 3 heterocycles. The summed E-state index contributed by atoms with van der Waals surface area (Å²) in [5.74, 6) is -2.19. The van der Waals surface area contributed by atoms with Gasteiger partial charge in [-0.1, -0.05) is 36.5 Å². The maximum absolute atomic E-state index is 12.8. The number of aromatic nitrogens is 1. The third-order valence-corrected chi connectivity index (χ3v) is 6.91. The van der Waals surface area contributed by atoms with Crippen molar-refractivity contribution in [2.45, 2.75) is 32.6 Å². The number of carbonyl (C=O) groups excluding carboxylic acids is 3. The summed E-state index contributed by atoms with van der Waals surface area (Å²) in [6, 6.07) is 8.86. The Morgan fingerprint density at radius 1 is 1.18 bits per heavy atom. The van der Waals surface area contributed by atoms with Crippen molar-refractivity contribution in [3.8, 4) is 11.3 Å². The number of aliphatic carboxylic acids is 1. The number of rotatable bonds is 8. The maximum Gasteiger partial charge on any atom is 0.303 e. The van der Waals surface area contributed by atoms with E-state index in [-0.39, 0.29) is 12.3 Å². The van der Waals surface area contributed by atoms with E-state index < -0.39 is 17.7 Å². The number of hydrogen-bond donors (Lipinski definition) is 2. The molecule has 10 heteroatoms. The number of amides is 2. The Morgan fingerprint density at radius 3 is 2.74 bits per heavy atom. The molecule has 8 nitrogen and oxygen atoms in total. The van der Waals surface area contributed by atoms with Crippen LogP contribution in [0.15, 0.2) is 35.2 Å². The van der Waals surface area contributed by atoms with E-state index in [0.29, 0.717) is 57.7 Å². The van der Waals surface area contributed by atoms with E-state index in [2.05, 4.69) is 10.3 Å². The summed E-state index contributed by atoms with van der Waals surface area (Å²) in [7, 11) is 0. The molecule has 2 amide bonds. The number of hydrogen-bond acceptors (Lipinski definition) is 7. The number of Topliss-reactive ketones (excluding diaryl/α,β-unsaturated/α-hetero) is 1. The highest BCUT2D eigenvalue weighted by Crippen LogP contribution is 2.34. The molecule has 2 aliphatic heterocycles. The molecular formula is C24H21N3O5S2. The predicted molar refractivity (Wildman–Crippen MR) is 133 cm³/mol. The molecule has 2 N–H and O–H groups in total. The first kappa shape index (κ1) is 23.8. The molecule has 0 aliphatic carbocycles. The molecule has 34 heavy (non-hydrogen) atoms. The Labute approximate surface area is 205 Å². The highest BCUT2D eigenvalue weighted by atomic mass is 32.2. The molecule has 1 fully saturated rings. The third-order valence-electron chi connectivity index (χ3n) is 5.54. The van der Waals surface area contributed by atoms with Gasteiger partial charge in [-0.2, -0.15) is 0 Å². The minimum atomic E-state index is -0.823. The number of thioether (sulfide) groups is 1. The molecule has 2 aromatic rings. The highest BCUT2D eigenvalue weighted by Gasteiger charge is 2.32. The number of ketones is 1. The van der Waals surface area contributed by atoms with E-state index >= 15 is 0 Å². The average Bonchev–Trinajstić information content (AvgIpc) is 3.22. The lowest BCUT2D eigenvalue weighted by molar-refractivity contribution is -0.137. The average molecular weight is 496 g/mol. The van der Waals surface area contributed by atoms with Crippen LogP contribution in [-0.2, 0) is 14.4 Å². The molecular weight excluding hydrogens is 474 g/mol. The van der Waals surface area contributed by atoms with Crippen LogP contribution in [0.5, 0.6) is 0 Å². The number of carbonyl (C=O) groups is 4. The first-order valence-corrected chi connectivity index (χ1v) is 11.9. The van der Waals surface area contributed by atoms with Gasteiger partial charge in [0.15, 0.2) is 0 Å². The van der Waals surface area contributed by atoms with Gasteiger partial charge >= 0.3 is 5.97 Å². The molecule has 0 unspecified atom stereocenters. The lowest BCUT2D eigenvalue weighted by Crippen LogP contribution is -2.29. The lowest BCUT2D eigenvalue weighted by atomic mass is 9.99. The summed E-state index contributed by atoms with van der Waals surface area (Å²) >= 11 is 6.58. The van der Waals surface area contributed by atoms with Gasteiger partial charge in [-0.25, -0.2) is 4.98 Å². The molecule has 0 atom stereocenters. The molecule has 4 rings (SSSR count). The molecule has 1 aromatic heterocycles. The standard InChI is InChI=1S/C24H21N3O5S2/c1-13-10-16-18(26-22(31)21(16)30)12-15(13)17-7-5-6-14(25-17)11-19-23(32)27(24(33)34-19)9-4-2-3-8-20(28)29/h5-7,10-12H,2-4,8-9H2,1H3,(H,28,29)(H,26,30,31). The van der Waals surface area contributed by atoms with Crippen molar-refractivity contribution < 1.29 is 24.3 Å². The van der Waals surface area contributed by atoms with Crippen LogP contribution in [-0.4, -0.2) is 49.4 Å². The van der Waals surface area contributed by atoms with Crippen LogP contribution >= 0.6 is 24.0 Å². The summed E-state index contributed by atoms with van der Waals surface area (Å²) in [6.45, 7) is 2.30. The molecule has 0 radical (unpaired) electrons. The largest absolute Gasteiger partial charge is 0.481 e. The number of aryl methyl sites for hydroxylation is 1. The minimum Gasteiger partial charge on any atom is -0.481 e. The van der Waals surface area contributed by atoms with Gasteiger partial charge in [-0.05, 0) is 55.7 Å². The minimum absolute atomic E-state index is 0.118. The smallest absolute Gasteiger partial charge is 0.303 e. The van der Waals surface area contributed by atoms with E-state index in [1.54, 1.807) is 29.2 Å². The Hall–Kier alpha value is -3.37. The molecule has 1 saturated heterocycles. The van der Waals surface area contributed by atoms with Crippen molar-refractivity contribution in [3.05, 3.63) is 52.1 Å². The number of fused-ring (bicyclic) bond motifs is 1. The van der Waals surface area contributed by atoms with Gasteiger partial charge in [0.25, 0.3) is 17.6 Å². The van der Waals surface area contributed by atoms with E-state index in [4.69, 9.17) is 17.3 Å². The maximum atomic E-state index is 12.8. The molecule has 174 valence electrons. The fourth-order valence-corrected chi connectivity index (χ4v) is 5.10. The zero-order valence-electron chi connectivity index (χ0n) is 18.3. The fourth-order valence-electron chi connectivity index (χ4n) is 3.81. The number of unbranched alkanes of at least 4 members (excludes halogenated alkanes) is 2. The first-order valence-electron chi connectivity index (χ1n) is 10.7. The molecule has 1 aromatic carbocycles. The Morgan fingerprint density at radius 2 is 1.97 bits per heavy atom. The van der Waals surface area contributed by atoms with Gasteiger partial charge in [0.2, 0.25) is 0 Å². The number of carboxylic acids is 1. The van der Waals surface area contributed by atoms with Gasteiger partial charge < -0.3 is 10.4 Å². The third kappa shape index (κ3) is 4.92. The fraction of sp³-hybridized carbons (Fsp3) is 0.250. The van der Waals surface area contributed by atoms with Crippen LogP contribution < -0.4 is 5.32 Å². The Balaban J connectivity index is 1.50. The van der Waals surface area contributed by atoms with Crippen molar-refractivity contribution in [3.63, 3.8) is 0 Å². The van der Waals surface area contributed by atoms with Gasteiger partial charge in [0, 0.05) is 18.5 Å². The second kappa shape index (κ2) is 9.86. The van der Waals surface area contributed by atoms with E-state index in [1.807, 2.05) is 19.1 Å². The first-order chi connectivity index (χ1) is 16.2. The van der Waals surface area contributed by atoms with Gasteiger partial charge in [-0.3, -0.25) is 24.1 Å². The SMILES string of the molecule is Cc1cc2c(cc1-c1cccc(C=C3SC(=S)N(CCCCCC(=O)O)C3=O)n1)NC(=O)C2=O. The number of benzene rings is 1. The number of pyridine rings is 1. The molecule has 0 spiro atoms. The number of thiocarbonyl (C=S) groups is 1. The quantitative estimate of drug-likeness (QED) is 0.244. The van der Waals surface area contributed by atoms with Gasteiger partial charge in [0.1, 0.15) is 4.32 Å². The zero-order valence-corrected chi connectivity index (χ0v) is 19.9. The van der Waals surface area contributed by atoms with Crippen molar-refractivity contribution in [2.75, 3.05) is 11.9 Å². The van der Waals surface area contributed by atoms with Crippen molar-refractivity contribution in [1.29, 1.82) is 0 Å². The van der Waals surface area contributed by atoms with E-state index in [0.717, 1.165) is 11.1 Å². The predicted octanol–water partition coefficient (Wildman–Crippen LogP) is 4.04. The number of nitrogens with one attached hydrogen (secondary N) is 1. The Kier molecular flexibility index (Phi) is 6.90. The summed E-state index contributed by atoms with van der Waals surface area (Å²) in [5, 5.41) is 11.3. The van der Waals surface area contributed by atoms with Crippen LogP contribution in [0.1, 0.15) is 47.3 Å². The van der Waals surface area contributed by atoms with Crippen LogP contribution in [0.3, 0.4) is 0 Å². The zero-order chi connectivity index (χ0) is 24.4. The number of nitrogens with zero attached hydrogens (tertiary/aromatic N) is 2. The van der Waals surface area contributed by atoms with Gasteiger partial charge in [-0.15, -0.1) is 0 Å². The van der Waals surface area contributed by atoms with Gasteiger partial charge in [0.05, 0.1) is 27.5 Å². The lowest BCUT2D eigenvalue weighted by Gasteiger charge is -2.13. The number of anilines is 1. The number of carboxylic acid groups (broad SMARTS) is 1. The normalized spacial score (nSPS) is 16.4. The molecule has 0 bridgehead atoms. The summed E-state index contributed by atoms with van der Waals surface area (Å²) in [6.07, 6.45) is 3.76. The van der Waals surface area contributed by atoms with Crippen LogP contribution in [0.4, 0.5) is 5.69 Å². The summed E-state index contributed by atoms with van der Waals surface area (Å²) in [5.41, 5.74) is 3.64. The Bertz CT molecular complexity index is 1270. The second-order valence-corrected chi connectivity index (χ2v) is 9.66.